The molecule has 0 saturated carbocycles. The van der Waals surface area contributed by atoms with Crippen LogP contribution in [0.1, 0.15) is 32.6 Å². The molecule has 0 radical (unpaired) electrons. The number of rotatable bonds is 5. The number of hydrogen-bond acceptors (Lipinski definition) is 2. The van der Waals surface area contributed by atoms with Gasteiger partial charge in [-0.3, -0.25) is 9.59 Å². The molecule has 0 unspecified atom stereocenters. The van der Waals surface area contributed by atoms with E-state index in [9.17, 15) is 14.0 Å². The number of amides is 1. The van der Waals surface area contributed by atoms with Crippen LogP contribution >= 0.6 is 15.9 Å². The van der Waals surface area contributed by atoms with Crippen molar-refractivity contribution in [1.29, 1.82) is 0 Å². The Morgan fingerprint density at radius 3 is 2.34 bits per heavy atom. The van der Waals surface area contributed by atoms with Crippen molar-refractivity contribution in [3.63, 3.8) is 0 Å². The van der Waals surface area contributed by atoms with E-state index < -0.39 is 0 Å². The number of aryl methyl sites for hydroxylation is 2. The van der Waals surface area contributed by atoms with Gasteiger partial charge in [-0.1, -0.05) is 39.7 Å². The Hall–Kier alpha value is -3.25. The second-order valence-electron chi connectivity index (χ2n) is 7.96. The van der Waals surface area contributed by atoms with Crippen molar-refractivity contribution in [2.45, 2.75) is 26.9 Å². The third-order valence-electron chi connectivity index (χ3n) is 5.40. The van der Waals surface area contributed by atoms with E-state index in [0.29, 0.717) is 11.1 Å². The predicted octanol–water partition coefficient (Wildman–Crippen LogP) is 5.89. The average molecular weight is 493 g/mol. The molecule has 1 heterocycles. The van der Waals surface area contributed by atoms with Crippen LogP contribution in [0, 0.1) is 19.7 Å². The fourth-order valence-electron chi connectivity index (χ4n) is 3.84. The van der Waals surface area contributed by atoms with Crippen molar-refractivity contribution in [1.82, 2.24) is 9.88 Å². The number of nitrogens with one attached hydrogen (secondary N) is 1. The third-order valence-corrected chi connectivity index (χ3v) is 5.93. The minimum atomic E-state index is -0.337. The van der Waals surface area contributed by atoms with Crippen molar-refractivity contribution in [2.75, 3.05) is 0 Å². The van der Waals surface area contributed by atoms with Gasteiger partial charge in [0, 0.05) is 22.1 Å². The number of H-pyrrole nitrogens is 1. The van der Waals surface area contributed by atoms with Crippen molar-refractivity contribution in [2.24, 2.45) is 0 Å². The summed E-state index contributed by atoms with van der Waals surface area (Å²) in [6, 6.07) is 19.0. The lowest BCUT2D eigenvalue weighted by Crippen LogP contribution is -2.32. The summed E-state index contributed by atoms with van der Waals surface area (Å²) >= 11 is 3.38. The van der Waals surface area contributed by atoms with Gasteiger partial charge in [0.25, 0.3) is 11.5 Å². The monoisotopic (exact) mass is 492 g/mol. The fraction of sp³-hybridized carbons (Fsp3) is 0.154. The van der Waals surface area contributed by atoms with Crippen LogP contribution < -0.4 is 5.56 Å². The molecule has 3 aromatic carbocycles. The maximum absolute atomic E-state index is 13.4. The molecule has 162 valence electrons. The van der Waals surface area contributed by atoms with Crippen molar-refractivity contribution in [3.8, 4) is 0 Å². The largest absolute Gasteiger partial charge is 0.330 e. The van der Waals surface area contributed by atoms with E-state index in [1.807, 2.05) is 32.0 Å². The first kappa shape index (κ1) is 22.0. The van der Waals surface area contributed by atoms with Crippen LogP contribution in [0.4, 0.5) is 4.39 Å². The lowest BCUT2D eigenvalue weighted by Gasteiger charge is -2.23. The lowest BCUT2D eigenvalue weighted by atomic mass is 10.0. The van der Waals surface area contributed by atoms with Gasteiger partial charge in [-0.2, -0.15) is 0 Å². The normalized spacial score (nSPS) is 11.0. The number of carbonyl (C=O) groups is 1. The number of fused-ring (bicyclic) bond motifs is 1. The van der Waals surface area contributed by atoms with Gasteiger partial charge in [0.1, 0.15) is 5.82 Å². The molecule has 0 aliphatic rings. The molecule has 32 heavy (non-hydrogen) atoms. The summed E-state index contributed by atoms with van der Waals surface area (Å²) in [5, 5.41) is 0.926. The summed E-state index contributed by atoms with van der Waals surface area (Å²) in [4.78, 5) is 30.8. The zero-order chi connectivity index (χ0) is 22.8. The first-order chi connectivity index (χ1) is 15.3. The molecule has 4 rings (SSSR count). The summed E-state index contributed by atoms with van der Waals surface area (Å²) in [5.74, 6) is -0.544. The van der Waals surface area contributed by atoms with Crippen LogP contribution in [0.25, 0.3) is 10.9 Å². The van der Waals surface area contributed by atoms with Gasteiger partial charge in [0.2, 0.25) is 0 Å². The van der Waals surface area contributed by atoms with Gasteiger partial charge < -0.3 is 9.88 Å². The highest BCUT2D eigenvalue weighted by Gasteiger charge is 2.19. The minimum Gasteiger partial charge on any atom is -0.330 e. The third kappa shape index (κ3) is 4.81. The van der Waals surface area contributed by atoms with Gasteiger partial charge in [-0.15, -0.1) is 0 Å². The number of carbonyl (C=O) groups excluding carboxylic acids is 1. The molecule has 4 aromatic rings. The zero-order valence-electron chi connectivity index (χ0n) is 17.8. The first-order valence-electron chi connectivity index (χ1n) is 10.2. The number of pyridine rings is 1. The number of aromatic nitrogens is 1. The summed E-state index contributed by atoms with van der Waals surface area (Å²) < 4.78 is 14.2. The van der Waals surface area contributed by atoms with Gasteiger partial charge >= 0.3 is 0 Å². The van der Waals surface area contributed by atoms with Gasteiger partial charge in [0.05, 0.1) is 12.1 Å². The summed E-state index contributed by atoms with van der Waals surface area (Å²) in [7, 11) is 0. The Morgan fingerprint density at radius 1 is 0.969 bits per heavy atom. The highest BCUT2D eigenvalue weighted by molar-refractivity contribution is 9.10. The highest BCUT2D eigenvalue weighted by Crippen LogP contribution is 2.20. The summed E-state index contributed by atoms with van der Waals surface area (Å²) in [6.07, 6.45) is 0. The van der Waals surface area contributed by atoms with E-state index in [0.717, 1.165) is 32.1 Å². The number of halogens is 2. The van der Waals surface area contributed by atoms with Crippen LogP contribution in [-0.4, -0.2) is 15.8 Å². The molecule has 0 aliphatic carbocycles. The van der Waals surface area contributed by atoms with Crippen LogP contribution in [0.15, 0.2) is 76.0 Å². The maximum atomic E-state index is 13.4. The molecule has 0 atom stereocenters. The molecule has 6 heteroatoms. The number of hydrogen-bond donors (Lipinski definition) is 1. The van der Waals surface area contributed by atoms with Crippen LogP contribution in [0.3, 0.4) is 0 Å². The van der Waals surface area contributed by atoms with Gasteiger partial charge in [-0.05, 0) is 78.9 Å². The van der Waals surface area contributed by atoms with Gasteiger partial charge in [-0.25, -0.2) is 4.39 Å². The van der Waals surface area contributed by atoms with E-state index in [1.54, 1.807) is 41.3 Å². The average Bonchev–Trinajstić information content (AvgIpc) is 2.76. The molecule has 0 spiro atoms. The second kappa shape index (κ2) is 9.09. The van der Waals surface area contributed by atoms with Crippen molar-refractivity contribution < 1.29 is 9.18 Å². The second-order valence-corrected chi connectivity index (χ2v) is 8.88. The molecule has 1 amide bonds. The Balaban J connectivity index is 1.73. The van der Waals surface area contributed by atoms with Crippen molar-refractivity contribution >= 4 is 32.7 Å². The lowest BCUT2D eigenvalue weighted by molar-refractivity contribution is 0.0729. The summed E-state index contributed by atoms with van der Waals surface area (Å²) in [6.45, 7) is 4.35. The summed E-state index contributed by atoms with van der Waals surface area (Å²) in [5.41, 5.74) is 4.46. The topological polar surface area (TPSA) is 53.2 Å². The molecule has 0 saturated heterocycles. The van der Waals surface area contributed by atoms with Crippen LogP contribution in [0.2, 0.25) is 0 Å². The molecular formula is C26H22BrFN2O2. The maximum Gasteiger partial charge on any atom is 0.254 e. The quantitative estimate of drug-likeness (QED) is 0.377. The Morgan fingerprint density at radius 2 is 1.66 bits per heavy atom. The van der Waals surface area contributed by atoms with Gasteiger partial charge in [0.15, 0.2) is 0 Å². The molecule has 0 bridgehead atoms. The molecule has 4 nitrogen and oxygen atoms in total. The number of nitrogens with zero attached hydrogens (tertiary/aromatic N) is 1. The smallest absolute Gasteiger partial charge is 0.254 e. The van der Waals surface area contributed by atoms with Crippen LogP contribution in [0.5, 0.6) is 0 Å². The number of aromatic amines is 1. The zero-order valence-corrected chi connectivity index (χ0v) is 19.4. The highest BCUT2D eigenvalue weighted by atomic mass is 79.9. The Kier molecular flexibility index (Phi) is 6.24. The molecular weight excluding hydrogens is 471 g/mol. The standard InChI is InChI=1S/C26H22BrFN2O2/c1-16-11-17(2)24-20(12-16)13-21(25(31)29-24)15-30(14-18-3-9-23(28)10-4-18)26(32)19-5-7-22(27)8-6-19/h3-13H,14-15H2,1-2H3,(H,29,31). The van der Waals surface area contributed by atoms with Crippen LogP contribution in [-0.2, 0) is 13.1 Å². The SMILES string of the molecule is Cc1cc(C)c2[nH]c(=O)c(CN(Cc3ccc(F)cc3)C(=O)c3ccc(Br)cc3)cc2c1. The predicted molar refractivity (Wildman–Crippen MR) is 128 cm³/mol. The Bertz CT molecular complexity index is 1350. The molecule has 0 fully saturated rings. The molecule has 0 aliphatic heterocycles. The first-order valence-corrected chi connectivity index (χ1v) is 11.0. The minimum absolute atomic E-state index is 0.130. The van der Waals surface area contributed by atoms with E-state index in [-0.39, 0.29) is 30.4 Å². The van der Waals surface area contributed by atoms with Crippen molar-refractivity contribution in [3.05, 3.63) is 115 Å². The van der Waals surface area contributed by atoms with E-state index in [4.69, 9.17) is 0 Å². The van der Waals surface area contributed by atoms with E-state index >= 15 is 0 Å². The Labute approximate surface area is 193 Å². The molecule has 1 N–H and O–H groups in total. The molecule has 1 aromatic heterocycles. The van der Waals surface area contributed by atoms with E-state index in [2.05, 4.69) is 20.9 Å². The fourth-order valence-corrected chi connectivity index (χ4v) is 4.10. The number of benzene rings is 3. The van der Waals surface area contributed by atoms with E-state index in [1.165, 1.54) is 12.1 Å².